The normalized spacial score (nSPS) is 22.8. The van der Waals surface area contributed by atoms with E-state index in [9.17, 15) is 4.39 Å². The van der Waals surface area contributed by atoms with E-state index in [4.69, 9.17) is 10.00 Å². The number of halogens is 3. The molecule has 0 unspecified atom stereocenters. The van der Waals surface area contributed by atoms with Gasteiger partial charge in [-0.05, 0) is 110 Å². The topological polar surface area (TPSA) is 33.0 Å². The van der Waals surface area contributed by atoms with Gasteiger partial charge in [-0.3, -0.25) is 0 Å². The second-order valence-electron chi connectivity index (χ2n) is 12.4. The summed E-state index contributed by atoms with van der Waals surface area (Å²) in [5.41, 5.74) is 3.99. The smallest absolute Gasteiger partial charge is 0.400 e. The maximum Gasteiger partial charge on any atom is 0.400 e. The van der Waals surface area contributed by atoms with Gasteiger partial charge in [-0.15, -0.1) is 0 Å². The van der Waals surface area contributed by atoms with E-state index in [1.807, 2.05) is 6.07 Å². The molecule has 2 aliphatic carbocycles. The van der Waals surface area contributed by atoms with Crippen molar-refractivity contribution >= 4 is 0 Å². The maximum absolute atomic E-state index is 15.2. The SMILES string of the molecule is CCCCCC1CCC(c2ccc(C3CCC(C(F)(F)Oc4ccc(-c5ccc(C#N)cc5)c(F)c4)CC3)cc2)CC1. The Morgan fingerprint density at radius 3 is 1.93 bits per heavy atom. The average Bonchev–Trinajstić information content (AvgIpc) is 3.02. The number of ether oxygens (including phenoxy) is 1. The van der Waals surface area contributed by atoms with Gasteiger partial charge in [-0.2, -0.15) is 14.0 Å². The van der Waals surface area contributed by atoms with Crippen LogP contribution in [-0.4, -0.2) is 6.11 Å². The number of nitriles is 1. The first-order valence-corrected chi connectivity index (χ1v) is 15.8. The molecule has 2 aliphatic rings. The summed E-state index contributed by atoms with van der Waals surface area (Å²) in [5.74, 6) is 0.113. The van der Waals surface area contributed by atoms with E-state index in [1.165, 1.54) is 74.6 Å². The first-order chi connectivity index (χ1) is 20.4. The lowest BCUT2D eigenvalue weighted by Crippen LogP contribution is -2.37. The Balaban J connectivity index is 1.12. The summed E-state index contributed by atoms with van der Waals surface area (Å²) >= 11 is 0. The molecular weight excluding hydrogens is 531 g/mol. The first kappa shape index (κ1) is 30.2. The summed E-state index contributed by atoms with van der Waals surface area (Å²) in [6, 6.07) is 21.3. The minimum Gasteiger partial charge on any atom is -0.432 e. The molecule has 0 heterocycles. The first-order valence-electron chi connectivity index (χ1n) is 15.8. The van der Waals surface area contributed by atoms with Gasteiger partial charge in [0.25, 0.3) is 0 Å². The zero-order chi connectivity index (χ0) is 29.5. The Labute approximate surface area is 248 Å². The number of nitrogens with zero attached hydrogens (tertiary/aromatic N) is 1. The molecular formula is C37H42F3NO. The lowest BCUT2D eigenvalue weighted by molar-refractivity contribution is -0.222. The van der Waals surface area contributed by atoms with E-state index >= 15 is 8.78 Å². The molecule has 0 bridgehead atoms. The van der Waals surface area contributed by atoms with Crippen molar-refractivity contribution in [3.63, 3.8) is 0 Å². The van der Waals surface area contributed by atoms with E-state index in [1.54, 1.807) is 24.3 Å². The van der Waals surface area contributed by atoms with Gasteiger partial charge in [0.05, 0.1) is 17.6 Å². The third-order valence-corrected chi connectivity index (χ3v) is 9.66. The van der Waals surface area contributed by atoms with Crippen LogP contribution in [0.3, 0.4) is 0 Å². The molecule has 0 N–H and O–H groups in total. The molecule has 2 nitrogen and oxygen atoms in total. The Bertz CT molecular complexity index is 1330. The van der Waals surface area contributed by atoms with Crippen molar-refractivity contribution in [1.29, 1.82) is 5.26 Å². The van der Waals surface area contributed by atoms with Crippen LogP contribution in [0.15, 0.2) is 66.7 Å². The highest BCUT2D eigenvalue weighted by molar-refractivity contribution is 5.65. The van der Waals surface area contributed by atoms with Gasteiger partial charge in [0.15, 0.2) is 0 Å². The number of unbranched alkanes of at least 4 members (excludes halogenated alkanes) is 2. The van der Waals surface area contributed by atoms with Crippen molar-refractivity contribution in [3.8, 4) is 22.9 Å². The molecule has 0 amide bonds. The Hall–Kier alpha value is -3.26. The molecule has 5 heteroatoms. The molecule has 2 fully saturated rings. The zero-order valence-corrected chi connectivity index (χ0v) is 24.6. The van der Waals surface area contributed by atoms with Crippen molar-refractivity contribution in [3.05, 3.63) is 89.2 Å². The summed E-state index contributed by atoms with van der Waals surface area (Å²) in [7, 11) is 0. The number of benzene rings is 3. The van der Waals surface area contributed by atoms with E-state index in [0.717, 1.165) is 12.0 Å². The highest BCUT2D eigenvalue weighted by Gasteiger charge is 2.44. The fraction of sp³-hybridized carbons (Fsp3) is 0.486. The second kappa shape index (κ2) is 13.8. The molecule has 42 heavy (non-hydrogen) atoms. The summed E-state index contributed by atoms with van der Waals surface area (Å²) < 4.78 is 50.2. The van der Waals surface area contributed by atoms with Crippen LogP contribution in [-0.2, 0) is 0 Å². The van der Waals surface area contributed by atoms with E-state index in [2.05, 4.69) is 31.2 Å². The number of hydrogen-bond acceptors (Lipinski definition) is 2. The van der Waals surface area contributed by atoms with Crippen molar-refractivity contribution in [1.82, 2.24) is 0 Å². The minimum absolute atomic E-state index is 0.178. The highest BCUT2D eigenvalue weighted by atomic mass is 19.3. The van der Waals surface area contributed by atoms with Gasteiger partial charge in [0.1, 0.15) is 11.6 Å². The van der Waals surface area contributed by atoms with E-state index in [-0.39, 0.29) is 17.2 Å². The number of alkyl halides is 2. The lowest BCUT2D eigenvalue weighted by atomic mass is 9.75. The van der Waals surface area contributed by atoms with E-state index in [0.29, 0.717) is 42.7 Å². The van der Waals surface area contributed by atoms with Crippen LogP contribution in [0, 0.1) is 29.0 Å². The van der Waals surface area contributed by atoms with Crippen molar-refractivity contribution < 1.29 is 17.9 Å². The van der Waals surface area contributed by atoms with Gasteiger partial charge >= 0.3 is 6.11 Å². The van der Waals surface area contributed by atoms with Crippen LogP contribution in [0.4, 0.5) is 13.2 Å². The fourth-order valence-electron chi connectivity index (χ4n) is 7.03. The predicted molar refractivity (Wildman–Crippen MR) is 162 cm³/mol. The molecule has 5 rings (SSSR count). The predicted octanol–water partition coefficient (Wildman–Crippen LogP) is 11.2. The molecule has 0 spiro atoms. The van der Waals surface area contributed by atoms with E-state index < -0.39 is 17.8 Å². The molecule has 3 aromatic carbocycles. The van der Waals surface area contributed by atoms with Gasteiger partial charge in [0.2, 0.25) is 0 Å². The molecule has 0 radical (unpaired) electrons. The van der Waals surface area contributed by atoms with Crippen LogP contribution >= 0.6 is 0 Å². The van der Waals surface area contributed by atoms with Gasteiger partial charge in [0, 0.05) is 11.6 Å². The minimum atomic E-state index is -3.37. The largest absolute Gasteiger partial charge is 0.432 e. The summed E-state index contributed by atoms with van der Waals surface area (Å²) in [4.78, 5) is 0. The Morgan fingerprint density at radius 1 is 0.786 bits per heavy atom. The fourth-order valence-corrected chi connectivity index (χ4v) is 7.03. The molecule has 0 aliphatic heterocycles. The highest BCUT2D eigenvalue weighted by Crippen LogP contribution is 2.44. The Morgan fingerprint density at radius 2 is 1.38 bits per heavy atom. The van der Waals surface area contributed by atoms with Crippen LogP contribution in [0.25, 0.3) is 11.1 Å². The summed E-state index contributed by atoms with van der Waals surface area (Å²) in [5, 5.41) is 8.95. The van der Waals surface area contributed by atoms with Crippen LogP contribution < -0.4 is 4.74 Å². The summed E-state index contributed by atoms with van der Waals surface area (Å²) in [6.07, 6.45) is 9.37. The third kappa shape index (κ3) is 7.38. The standard InChI is InChI=1S/C37H42F3NO/c1-2-3-4-5-26-6-10-28(11-7-26)29-14-16-30(17-15-29)31-18-20-33(21-19-31)37(39,40)42-34-22-23-35(36(38)24-34)32-12-8-27(25-41)9-13-32/h8-9,12-17,22-24,26,28,31,33H,2-7,10-11,18-21H2,1H3. The monoisotopic (exact) mass is 573 g/mol. The number of hydrogen-bond donors (Lipinski definition) is 0. The molecule has 222 valence electrons. The third-order valence-electron chi connectivity index (χ3n) is 9.66. The second-order valence-corrected chi connectivity index (χ2v) is 12.4. The maximum atomic E-state index is 15.2. The van der Waals surface area contributed by atoms with Crippen molar-refractivity contribution in [2.45, 2.75) is 102 Å². The Kier molecular flexibility index (Phi) is 9.93. The molecule has 0 atom stereocenters. The molecule has 0 aromatic heterocycles. The quantitative estimate of drug-likeness (QED) is 0.226. The molecule has 0 saturated heterocycles. The average molecular weight is 574 g/mol. The van der Waals surface area contributed by atoms with Crippen LogP contribution in [0.1, 0.15) is 112 Å². The zero-order valence-electron chi connectivity index (χ0n) is 24.6. The van der Waals surface area contributed by atoms with Gasteiger partial charge in [-0.25, -0.2) is 4.39 Å². The lowest BCUT2D eigenvalue weighted by Gasteiger charge is -2.33. The molecule has 2 saturated carbocycles. The summed E-state index contributed by atoms with van der Waals surface area (Å²) in [6.45, 7) is 2.27. The van der Waals surface area contributed by atoms with Gasteiger partial charge < -0.3 is 4.74 Å². The van der Waals surface area contributed by atoms with Crippen LogP contribution in [0.5, 0.6) is 5.75 Å². The number of rotatable bonds is 10. The van der Waals surface area contributed by atoms with Gasteiger partial charge in [-0.1, -0.05) is 69.0 Å². The van der Waals surface area contributed by atoms with Crippen molar-refractivity contribution in [2.24, 2.45) is 11.8 Å². The molecule has 3 aromatic rings. The van der Waals surface area contributed by atoms with Crippen molar-refractivity contribution in [2.75, 3.05) is 0 Å². The van der Waals surface area contributed by atoms with Crippen LogP contribution in [0.2, 0.25) is 0 Å².